The van der Waals surface area contributed by atoms with E-state index in [1.165, 1.54) is 6.20 Å². The normalized spacial score (nSPS) is 11.2. The van der Waals surface area contributed by atoms with Gasteiger partial charge in [0.05, 0.1) is 17.8 Å². The molecule has 5 heteroatoms. The van der Waals surface area contributed by atoms with Crippen molar-refractivity contribution < 1.29 is 14.3 Å². The lowest BCUT2D eigenvalue weighted by Gasteiger charge is -2.19. The predicted octanol–water partition coefficient (Wildman–Crippen LogP) is 2.81. The number of carbonyl (C=O) groups excluding carboxylic acids is 1. The summed E-state index contributed by atoms with van der Waals surface area (Å²) in [5.74, 6) is 0.399. The van der Waals surface area contributed by atoms with Crippen molar-refractivity contribution in [2.45, 2.75) is 46.1 Å². The molecule has 5 nitrogen and oxygen atoms in total. The van der Waals surface area contributed by atoms with Gasteiger partial charge in [-0.15, -0.1) is 0 Å². The molecule has 0 aliphatic rings. The standard InChI is InChI=1S/C16H26N2O3/c1-5-6-9-17-15(19)13-7-8-14(18-12-13)20-10-11-21-16(2,3)4/h7-8,12H,5-6,9-11H2,1-4H3,(H,17,19). The summed E-state index contributed by atoms with van der Waals surface area (Å²) in [6.07, 6.45) is 3.57. The van der Waals surface area contributed by atoms with E-state index in [1.807, 2.05) is 20.8 Å². The van der Waals surface area contributed by atoms with E-state index in [0.717, 1.165) is 12.8 Å². The summed E-state index contributed by atoms with van der Waals surface area (Å²) in [6.45, 7) is 9.71. The van der Waals surface area contributed by atoms with E-state index in [4.69, 9.17) is 9.47 Å². The Kier molecular flexibility index (Phi) is 7.15. The molecule has 1 heterocycles. The number of amides is 1. The van der Waals surface area contributed by atoms with Crippen LogP contribution >= 0.6 is 0 Å². The highest BCUT2D eigenvalue weighted by Crippen LogP contribution is 2.09. The summed E-state index contributed by atoms with van der Waals surface area (Å²) in [6, 6.07) is 3.42. The molecule has 1 N–H and O–H groups in total. The first kappa shape index (κ1) is 17.4. The molecule has 118 valence electrons. The van der Waals surface area contributed by atoms with Gasteiger partial charge in [0.25, 0.3) is 5.91 Å². The monoisotopic (exact) mass is 294 g/mol. The lowest BCUT2D eigenvalue weighted by molar-refractivity contribution is -0.0168. The Balaban J connectivity index is 2.34. The highest BCUT2D eigenvalue weighted by atomic mass is 16.5. The topological polar surface area (TPSA) is 60.5 Å². The molecule has 0 spiro atoms. The molecule has 0 fully saturated rings. The highest BCUT2D eigenvalue weighted by molar-refractivity contribution is 5.93. The smallest absolute Gasteiger partial charge is 0.252 e. The first-order valence-corrected chi connectivity index (χ1v) is 7.43. The number of hydrogen-bond acceptors (Lipinski definition) is 4. The maximum atomic E-state index is 11.8. The Bertz CT molecular complexity index is 424. The third-order valence-electron chi connectivity index (χ3n) is 2.68. The van der Waals surface area contributed by atoms with Crippen molar-refractivity contribution >= 4 is 5.91 Å². The number of aromatic nitrogens is 1. The lowest BCUT2D eigenvalue weighted by atomic mass is 10.2. The third kappa shape index (κ3) is 7.66. The number of carbonyl (C=O) groups is 1. The van der Waals surface area contributed by atoms with Gasteiger partial charge in [0.15, 0.2) is 0 Å². The molecule has 0 radical (unpaired) electrons. The predicted molar refractivity (Wildman–Crippen MR) is 82.7 cm³/mol. The van der Waals surface area contributed by atoms with Crippen LogP contribution in [0.25, 0.3) is 0 Å². The fourth-order valence-corrected chi connectivity index (χ4v) is 1.57. The molecule has 1 amide bonds. The number of hydrogen-bond donors (Lipinski definition) is 1. The summed E-state index contributed by atoms with van der Waals surface area (Å²) in [5, 5.41) is 2.85. The van der Waals surface area contributed by atoms with E-state index in [2.05, 4.69) is 17.2 Å². The zero-order chi connectivity index (χ0) is 15.7. The van der Waals surface area contributed by atoms with Crippen LogP contribution in [0.4, 0.5) is 0 Å². The van der Waals surface area contributed by atoms with Crippen LogP contribution in [0.15, 0.2) is 18.3 Å². The molecule has 1 rings (SSSR count). The van der Waals surface area contributed by atoms with E-state index in [0.29, 0.717) is 31.2 Å². The van der Waals surface area contributed by atoms with Gasteiger partial charge in [0, 0.05) is 18.8 Å². The molecule has 0 bridgehead atoms. The highest BCUT2D eigenvalue weighted by Gasteiger charge is 2.10. The summed E-state index contributed by atoms with van der Waals surface area (Å²) < 4.78 is 11.0. The Morgan fingerprint density at radius 3 is 2.62 bits per heavy atom. The Morgan fingerprint density at radius 1 is 1.29 bits per heavy atom. The maximum absolute atomic E-state index is 11.8. The molecule has 1 aromatic heterocycles. The minimum atomic E-state index is -0.169. The molecule has 0 saturated heterocycles. The number of pyridine rings is 1. The van der Waals surface area contributed by atoms with Crippen LogP contribution in [0.5, 0.6) is 5.88 Å². The van der Waals surface area contributed by atoms with Gasteiger partial charge in [-0.1, -0.05) is 13.3 Å². The summed E-state index contributed by atoms with van der Waals surface area (Å²) in [4.78, 5) is 15.9. The second-order valence-corrected chi connectivity index (χ2v) is 5.80. The van der Waals surface area contributed by atoms with Crippen molar-refractivity contribution in [3.63, 3.8) is 0 Å². The molecular weight excluding hydrogens is 268 g/mol. The SMILES string of the molecule is CCCCNC(=O)c1ccc(OCCOC(C)(C)C)nc1. The molecule has 1 aromatic rings. The molecule has 0 saturated carbocycles. The average Bonchev–Trinajstić information content (AvgIpc) is 2.43. The lowest BCUT2D eigenvalue weighted by Crippen LogP contribution is -2.24. The van der Waals surface area contributed by atoms with Crippen molar-refractivity contribution in [1.29, 1.82) is 0 Å². The second kappa shape index (κ2) is 8.62. The fourth-order valence-electron chi connectivity index (χ4n) is 1.57. The first-order valence-electron chi connectivity index (χ1n) is 7.43. The van der Waals surface area contributed by atoms with E-state index < -0.39 is 0 Å². The first-order chi connectivity index (χ1) is 9.92. The number of unbranched alkanes of at least 4 members (excludes halogenated alkanes) is 1. The molecule has 0 aliphatic heterocycles. The van der Waals surface area contributed by atoms with Crippen molar-refractivity contribution in [1.82, 2.24) is 10.3 Å². The van der Waals surface area contributed by atoms with Gasteiger partial charge in [-0.2, -0.15) is 0 Å². The van der Waals surface area contributed by atoms with Crippen molar-refractivity contribution in [2.75, 3.05) is 19.8 Å². The number of nitrogens with one attached hydrogen (secondary N) is 1. The van der Waals surface area contributed by atoms with Gasteiger partial charge in [0.1, 0.15) is 6.61 Å². The van der Waals surface area contributed by atoms with Crippen molar-refractivity contribution in [3.8, 4) is 5.88 Å². The Morgan fingerprint density at radius 2 is 2.05 bits per heavy atom. The van der Waals surface area contributed by atoms with Crippen LogP contribution in [0.2, 0.25) is 0 Å². The summed E-state index contributed by atoms with van der Waals surface area (Å²) in [5.41, 5.74) is 0.376. The van der Waals surface area contributed by atoms with Crippen LogP contribution in [0, 0.1) is 0 Å². The number of nitrogens with zero attached hydrogens (tertiary/aromatic N) is 1. The minimum Gasteiger partial charge on any atom is -0.475 e. The van der Waals surface area contributed by atoms with Gasteiger partial charge in [0.2, 0.25) is 5.88 Å². The zero-order valence-corrected chi connectivity index (χ0v) is 13.4. The number of rotatable bonds is 8. The summed E-state index contributed by atoms with van der Waals surface area (Å²) >= 11 is 0. The second-order valence-electron chi connectivity index (χ2n) is 5.80. The average molecular weight is 294 g/mol. The molecule has 21 heavy (non-hydrogen) atoms. The van der Waals surface area contributed by atoms with Crippen LogP contribution in [-0.2, 0) is 4.74 Å². The third-order valence-corrected chi connectivity index (χ3v) is 2.68. The molecule has 0 atom stereocenters. The van der Waals surface area contributed by atoms with Crippen molar-refractivity contribution in [2.24, 2.45) is 0 Å². The maximum Gasteiger partial charge on any atom is 0.252 e. The summed E-state index contributed by atoms with van der Waals surface area (Å²) in [7, 11) is 0. The van der Waals surface area contributed by atoms with Crippen LogP contribution in [-0.4, -0.2) is 36.3 Å². The van der Waals surface area contributed by atoms with E-state index >= 15 is 0 Å². The van der Waals surface area contributed by atoms with Crippen molar-refractivity contribution in [3.05, 3.63) is 23.9 Å². The minimum absolute atomic E-state index is 0.0986. The number of ether oxygens (including phenoxy) is 2. The Labute approximate surface area is 127 Å². The zero-order valence-electron chi connectivity index (χ0n) is 13.4. The Hall–Kier alpha value is -1.62. The van der Waals surface area contributed by atoms with Gasteiger partial charge in [-0.05, 0) is 33.3 Å². The van der Waals surface area contributed by atoms with E-state index in [-0.39, 0.29) is 11.5 Å². The van der Waals surface area contributed by atoms with E-state index in [9.17, 15) is 4.79 Å². The quantitative estimate of drug-likeness (QED) is 0.749. The van der Waals surface area contributed by atoms with Gasteiger partial charge in [-0.25, -0.2) is 4.98 Å². The molecule has 0 aromatic carbocycles. The molecular formula is C16H26N2O3. The molecule has 0 unspecified atom stereocenters. The fraction of sp³-hybridized carbons (Fsp3) is 0.625. The van der Waals surface area contributed by atoms with E-state index in [1.54, 1.807) is 12.1 Å². The molecule has 0 aliphatic carbocycles. The van der Waals surface area contributed by atoms with Gasteiger partial charge < -0.3 is 14.8 Å². The largest absolute Gasteiger partial charge is 0.475 e. The van der Waals surface area contributed by atoms with Crippen LogP contribution in [0.1, 0.15) is 50.9 Å². The van der Waals surface area contributed by atoms with Crippen LogP contribution < -0.4 is 10.1 Å². The van der Waals surface area contributed by atoms with Gasteiger partial charge >= 0.3 is 0 Å². The van der Waals surface area contributed by atoms with Gasteiger partial charge in [-0.3, -0.25) is 4.79 Å². The van der Waals surface area contributed by atoms with Crippen LogP contribution in [0.3, 0.4) is 0 Å².